The molecule has 2 aliphatic heterocycles. The molecule has 3 aromatic rings. The Hall–Kier alpha value is -3.97. The highest BCUT2D eigenvalue weighted by Gasteiger charge is 2.48. The van der Waals surface area contributed by atoms with Crippen molar-refractivity contribution in [1.29, 1.82) is 0 Å². The van der Waals surface area contributed by atoms with Gasteiger partial charge in [-0.25, -0.2) is 4.79 Å². The first kappa shape index (κ1) is 22.8. The first-order valence-electron chi connectivity index (χ1n) is 11.4. The smallest absolute Gasteiger partial charge is 0.342 e. The van der Waals surface area contributed by atoms with Gasteiger partial charge >= 0.3 is 5.97 Å². The Labute approximate surface area is 203 Å². The number of hydrogen-bond acceptors (Lipinski definition) is 7. The maximum atomic E-state index is 13.3. The van der Waals surface area contributed by atoms with Crippen LogP contribution in [-0.4, -0.2) is 31.1 Å². The summed E-state index contributed by atoms with van der Waals surface area (Å²) in [5.74, 6) is -0.163. The second-order valence-corrected chi connectivity index (χ2v) is 8.63. The number of para-hydroxylation sites is 1. The molecule has 0 amide bonds. The minimum Gasteiger partial charge on any atom is -0.497 e. The number of benzene rings is 3. The molecule has 180 valence electrons. The molecule has 1 N–H and O–H groups in total. The summed E-state index contributed by atoms with van der Waals surface area (Å²) in [5.41, 5.74) is 2.49. The maximum absolute atomic E-state index is 13.3. The van der Waals surface area contributed by atoms with Crippen molar-refractivity contribution >= 4 is 11.5 Å². The van der Waals surface area contributed by atoms with Gasteiger partial charge in [0.2, 0.25) is 6.79 Å². The number of rotatable bonds is 7. The number of esters is 1. The van der Waals surface area contributed by atoms with E-state index in [2.05, 4.69) is 0 Å². The van der Waals surface area contributed by atoms with E-state index in [4.69, 9.17) is 23.7 Å². The minimum atomic E-state index is -1.97. The Morgan fingerprint density at radius 2 is 1.74 bits per heavy atom. The van der Waals surface area contributed by atoms with Crippen LogP contribution in [0.5, 0.6) is 23.0 Å². The van der Waals surface area contributed by atoms with E-state index < -0.39 is 11.8 Å². The van der Waals surface area contributed by atoms with Crippen LogP contribution >= 0.6 is 0 Å². The number of methoxy groups -OCH3 is 1. The number of fused-ring (bicyclic) bond motifs is 1. The Morgan fingerprint density at radius 1 is 1.00 bits per heavy atom. The van der Waals surface area contributed by atoms with Crippen LogP contribution in [0, 0.1) is 0 Å². The Morgan fingerprint density at radius 3 is 2.49 bits per heavy atom. The van der Waals surface area contributed by atoms with Gasteiger partial charge in [-0.3, -0.25) is 0 Å². The average molecular weight is 475 g/mol. The third kappa shape index (κ3) is 4.19. The van der Waals surface area contributed by atoms with Crippen molar-refractivity contribution in [1.82, 2.24) is 0 Å². The highest BCUT2D eigenvalue weighted by atomic mass is 16.7. The van der Waals surface area contributed by atoms with Crippen molar-refractivity contribution in [3.05, 3.63) is 89.0 Å². The molecule has 1 unspecified atom stereocenters. The molecule has 0 spiro atoms. The molecule has 3 aromatic carbocycles. The number of aliphatic hydroxyl groups is 1. The Balaban J connectivity index is 1.67. The van der Waals surface area contributed by atoms with Gasteiger partial charge in [0.05, 0.1) is 18.8 Å². The van der Waals surface area contributed by atoms with E-state index in [0.29, 0.717) is 39.7 Å². The summed E-state index contributed by atoms with van der Waals surface area (Å²) in [7, 11) is 1.56. The predicted molar refractivity (Wildman–Crippen MR) is 128 cm³/mol. The normalized spacial score (nSPS) is 18.7. The van der Waals surface area contributed by atoms with Crippen LogP contribution in [0.15, 0.2) is 72.3 Å². The highest BCUT2D eigenvalue weighted by molar-refractivity contribution is 6.20. The molecular weight excluding hydrogens is 448 g/mol. The number of cyclic esters (lactones) is 1. The standard InChI is InChI=1S/C28H26O7/c1-17(2)34-23-7-5-4-6-18(23)14-22-26(19-8-13-24-25(15-19)33-16-32-24)27(29)35-28(22,30)20-9-11-21(31-3)12-10-20/h4-13,15,17,30H,14,16H2,1-3H3. The van der Waals surface area contributed by atoms with E-state index in [0.717, 1.165) is 5.56 Å². The minimum absolute atomic E-state index is 0.0413. The van der Waals surface area contributed by atoms with Crippen molar-refractivity contribution in [2.45, 2.75) is 32.2 Å². The predicted octanol–water partition coefficient (Wildman–Crippen LogP) is 4.61. The molecule has 5 rings (SSSR count). The molecule has 7 heteroatoms. The topological polar surface area (TPSA) is 83.5 Å². The first-order chi connectivity index (χ1) is 16.9. The van der Waals surface area contributed by atoms with Gasteiger partial charge in [0.15, 0.2) is 11.5 Å². The van der Waals surface area contributed by atoms with Gasteiger partial charge in [0.1, 0.15) is 11.5 Å². The van der Waals surface area contributed by atoms with Crippen molar-refractivity contribution in [3.63, 3.8) is 0 Å². The molecule has 0 aromatic heterocycles. The van der Waals surface area contributed by atoms with Gasteiger partial charge in [-0.1, -0.05) is 24.3 Å². The molecular formula is C28H26O7. The fourth-order valence-electron chi connectivity index (χ4n) is 4.35. The number of hydrogen-bond donors (Lipinski definition) is 1. The lowest BCUT2D eigenvalue weighted by Gasteiger charge is -2.26. The van der Waals surface area contributed by atoms with Crippen molar-refractivity contribution in [3.8, 4) is 23.0 Å². The number of carbonyl (C=O) groups excluding carboxylic acids is 1. The average Bonchev–Trinajstić information content (AvgIpc) is 3.42. The van der Waals surface area contributed by atoms with E-state index in [9.17, 15) is 9.90 Å². The van der Waals surface area contributed by atoms with Crippen LogP contribution in [0.3, 0.4) is 0 Å². The van der Waals surface area contributed by atoms with E-state index in [1.807, 2.05) is 38.1 Å². The lowest BCUT2D eigenvalue weighted by molar-refractivity contribution is -0.185. The van der Waals surface area contributed by atoms with Crippen LogP contribution in [0.2, 0.25) is 0 Å². The van der Waals surface area contributed by atoms with E-state index >= 15 is 0 Å². The van der Waals surface area contributed by atoms with Crippen LogP contribution in [-0.2, 0) is 21.7 Å². The van der Waals surface area contributed by atoms with Crippen LogP contribution in [0.1, 0.15) is 30.5 Å². The number of carbonyl (C=O) groups is 1. The SMILES string of the molecule is COc1ccc(C2(O)OC(=O)C(c3ccc4c(c3)OCO4)=C2Cc2ccccc2OC(C)C)cc1. The summed E-state index contributed by atoms with van der Waals surface area (Å²) in [5, 5.41) is 11.9. The van der Waals surface area contributed by atoms with Crippen LogP contribution in [0.25, 0.3) is 5.57 Å². The van der Waals surface area contributed by atoms with E-state index in [1.165, 1.54) is 0 Å². The summed E-state index contributed by atoms with van der Waals surface area (Å²) in [6.45, 7) is 4.01. The summed E-state index contributed by atoms with van der Waals surface area (Å²) < 4.78 is 27.9. The van der Waals surface area contributed by atoms with Gasteiger partial charge in [-0.2, -0.15) is 0 Å². The molecule has 0 fully saturated rings. The van der Waals surface area contributed by atoms with Crippen LogP contribution in [0.4, 0.5) is 0 Å². The molecule has 0 aliphatic carbocycles. The lowest BCUT2D eigenvalue weighted by Crippen LogP contribution is -2.29. The summed E-state index contributed by atoms with van der Waals surface area (Å²) in [6.07, 6.45) is 0.182. The zero-order valence-corrected chi connectivity index (χ0v) is 19.7. The fraction of sp³-hybridized carbons (Fsp3) is 0.250. The molecule has 0 saturated heterocycles. The lowest BCUT2D eigenvalue weighted by atomic mass is 9.87. The third-order valence-corrected chi connectivity index (χ3v) is 6.00. The first-order valence-corrected chi connectivity index (χ1v) is 11.4. The molecule has 2 heterocycles. The summed E-state index contributed by atoms with van der Waals surface area (Å²) >= 11 is 0. The summed E-state index contributed by atoms with van der Waals surface area (Å²) in [6, 6.07) is 19.6. The highest BCUT2D eigenvalue weighted by Crippen LogP contribution is 2.47. The van der Waals surface area contributed by atoms with Gasteiger partial charge < -0.3 is 28.8 Å². The second-order valence-electron chi connectivity index (χ2n) is 8.63. The van der Waals surface area contributed by atoms with Gasteiger partial charge in [-0.05, 0) is 67.4 Å². The van der Waals surface area contributed by atoms with Crippen molar-refractivity contribution in [2.75, 3.05) is 13.9 Å². The molecule has 0 saturated carbocycles. The van der Waals surface area contributed by atoms with E-state index in [-0.39, 0.29) is 24.9 Å². The Bertz CT molecular complexity index is 1290. The zero-order chi connectivity index (χ0) is 24.6. The Kier molecular flexibility index (Phi) is 5.86. The van der Waals surface area contributed by atoms with Gasteiger partial charge in [0.25, 0.3) is 5.79 Å². The van der Waals surface area contributed by atoms with Crippen molar-refractivity contribution < 1.29 is 33.6 Å². The van der Waals surface area contributed by atoms with E-state index in [1.54, 1.807) is 49.6 Å². The molecule has 7 nitrogen and oxygen atoms in total. The molecule has 0 bridgehead atoms. The molecule has 0 radical (unpaired) electrons. The van der Waals surface area contributed by atoms with Gasteiger partial charge in [0, 0.05) is 17.6 Å². The fourth-order valence-corrected chi connectivity index (χ4v) is 4.35. The monoisotopic (exact) mass is 474 g/mol. The van der Waals surface area contributed by atoms with Crippen molar-refractivity contribution in [2.24, 2.45) is 0 Å². The molecule has 2 aliphatic rings. The maximum Gasteiger partial charge on any atom is 0.342 e. The second kappa shape index (κ2) is 9.00. The summed E-state index contributed by atoms with van der Waals surface area (Å²) in [4.78, 5) is 13.3. The quantitative estimate of drug-likeness (QED) is 0.501. The largest absolute Gasteiger partial charge is 0.497 e. The molecule has 1 atom stereocenters. The molecule has 35 heavy (non-hydrogen) atoms. The third-order valence-electron chi connectivity index (χ3n) is 6.00. The number of ether oxygens (including phenoxy) is 5. The zero-order valence-electron chi connectivity index (χ0n) is 19.7. The van der Waals surface area contributed by atoms with Crippen LogP contribution < -0.4 is 18.9 Å². The van der Waals surface area contributed by atoms with Gasteiger partial charge in [-0.15, -0.1) is 0 Å².